The lowest BCUT2D eigenvalue weighted by Crippen LogP contribution is -2.57. The van der Waals surface area contributed by atoms with Crippen molar-refractivity contribution < 1.29 is 0 Å². The number of benzene rings is 14. The summed E-state index contributed by atoms with van der Waals surface area (Å²) in [6.45, 7) is 48.7. The van der Waals surface area contributed by atoms with Crippen molar-refractivity contribution in [2.45, 2.75) is 299 Å². The maximum absolute atomic E-state index is 2.56. The molecule has 12 bridgehead atoms. The Labute approximate surface area is 838 Å². The van der Waals surface area contributed by atoms with Gasteiger partial charge < -0.3 is 0 Å². The number of rotatable bonds is 17. The van der Waals surface area contributed by atoms with E-state index >= 15 is 0 Å². The molecular formula is C136H151B3. The Bertz CT molecular complexity index is 6620. The molecule has 0 saturated heterocycles. The lowest BCUT2D eigenvalue weighted by Gasteiger charge is -2.63. The summed E-state index contributed by atoms with van der Waals surface area (Å²) in [7, 11) is 0. The molecule has 3 heteroatoms. The average molecular weight is 1820 g/mol. The predicted octanol–water partition coefficient (Wildman–Crippen LogP) is 28.2. The largest absolute Gasteiger partial charge is 0.242 e. The molecule has 0 N–H and O–H groups in total. The minimum atomic E-state index is 0.178. The lowest BCUT2D eigenvalue weighted by atomic mass is 9.34. The summed E-state index contributed by atoms with van der Waals surface area (Å²) >= 11 is 0. The number of hydrogen-bond acceptors (Lipinski definition) is 0. The van der Waals surface area contributed by atoms with Crippen molar-refractivity contribution in [1.29, 1.82) is 0 Å². The molecule has 0 nitrogen and oxygen atoms in total. The summed E-state index contributed by atoms with van der Waals surface area (Å²) < 4.78 is 0. The van der Waals surface area contributed by atoms with Gasteiger partial charge in [-0.2, -0.15) is 0 Å². The van der Waals surface area contributed by atoms with E-state index in [2.05, 4.69) is 424 Å². The Morgan fingerprint density at radius 3 is 0.554 bits per heavy atom. The zero-order chi connectivity index (χ0) is 96.9. The van der Waals surface area contributed by atoms with E-state index in [1.165, 1.54) is 293 Å². The maximum Gasteiger partial charge on any atom is 0.242 e. The van der Waals surface area contributed by atoms with Crippen LogP contribution in [-0.4, -0.2) is 20.1 Å². The second kappa shape index (κ2) is 36.4. The summed E-state index contributed by atoms with van der Waals surface area (Å²) in [5.74, 6) is 5.10. The van der Waals surface area contributed by atoms with E-state index in [4.69, 9.17) is 0 Å². The van der Waals surface area contributed by atoms with Crippen molar-refractivity contribution in [3.05, 3.63) is 418 Å². The van der Waals surface area contributed by atoms with Crippen molar-refractivity contribution in [1.82, 2.24) is 0 Å². The van der Waals surface area contributed by atoms with Crippen molar-refractivity contribution in [2.75, 3.05) is 0 Å². The number of aryl methyl sites for hydroxylation is 18. The first-order chi connectivity index (χ1) is 66.5. The van der Waals surface area contributed by atoms with Crippen LogP contribution < -0.4 is 49.2 Å². The van der Waals surface area contributed by atoms with E-state index in [0.717, 1.165) is 35.5 Å². The summed E-state index contributed by atoms with van der Waals surface area (Å²) in [6.07, 6.45) is 24.7. The van der Waals surface area contributed by atoms with Gasteiger partial charge in [0.25, 0.3) is 0 Å². The van der Waals surface area contributed by atoms with E-state index < -0.39 is 0 Å². The van der Waals surface area contributed by atoms with Gasteiger partial charge >= 0.3 is 0 Å². The fourth-order valence-corrected chi connectivity index (χ4v) is 33.8. The number of hydrogen-bond donors (Lipinski definition) is 0. The van der Waals surface area contributed by atoms with Crippen molar-refractivity contribution in [3.63, 3.8) is 0 Å². The molecule has 0 spiro atoms. The lowest BCUT2D eigenvalue weighted by molar-refractivity contribution is -0.0282. The minimum Gasteiger partial charge on any atom is -0.0686 e. The Kier molecular flexibility index (Phi) is 24.7. The fraction of sp³-hybridized carbons (Fsp3) is 0.382. The van der Waals surface area contributed by atoms with Crippen LogP contribution in [0.4, 0.5) is 0 Å². The van der Waals surface area contributed by atoms with E-state index in [9.17, 15) is 0 Å². The molecule has 26 rings (SSSR count). The molecule has 139 heavy (non-hydrogen) atoms. The normalized spacial score (nSPS) is 24.8. The van der Waals surface area contributed by atoms with Crippen LogP contribution in [0.5, 0.6) is 0 Å². The zero-order valence-electron chi connectivity index (χ0n) is 88.0. The third kappa shape index (κ3) is 17.6. The van der Waals surface area contributed by atoms with Gasteiger partial charge in [-0.15, -0.1) is 0 Å². The van der Waals surface area contributed by atoms with Crippen LogP contribution in [0.15, 0.2) is 279 Å². The van der Waals surface area contributed by atoms with Gasteiger partial charge in [0.2, 0.25) is 20.1 Å². The van der Waals surface area contributed by atoms with Gasteiger partial charge in [0, 0.05) is 0 Å². The van der Waals surface area contributed by atoms with Crippen LogP contribution in [0.2, 0.25) is 0 Å². The average Bonchev–Trinajstić information content (AvgIpc) is 0.709. The van der Waals surface area contributed by atoms with E-state index in [-0.39, 0.29) is 31.0 Å². The standard InChI is InChI=1S/C50H57B.C46H49B.C40H45B/c1-32-22-34(3)46(35(4)23-32)51(47-36(5)24-33(2)25-37(47)6)45-20-18-44(19-21-45)50-29-38-26-39(30-50)28-49(27-38,31-50)43-16-12-41(13-17-43)40-10-14-42(15-11-40)48(7,8)9;1-30-20-32(3)43(33(4)21-30)47(44-34(5)22-31(2)23-35(44)6)42-18-16-41(17-19-42)46-27-36-24-37(28-46)26-45(25-36,29-46)40-14-12-39(13-15-40)38-10-8-7-9-11-38;1-26-16-28(3)37(29(4)17-26)41(38-30(5)18-27(2)19-31(38)6)36-14-12-35(13-15-36)40-23-32-20-33(24-40)22-39(21-32,25-40)34-10-8-7-9-11-34/h10-25,38-39H,26-31H2,1-9H3;7-23,36-37H,24-29H2,1-6H3;7-19,32-33H,20-25H2,1-6H3. The molecule has 14 aromatic carbocycles. The molecule has 0 amide bonds. The molecule has 0 heterocycles. The van der Waals surface area contributed by atoms with Crippen LogP contribution in [0.3, 0.4) is 0 Å². The van der Waals surface area contributed by atoms with E-state index in [0.29, 0.717) is 27.1 Å². The van der Waals surface area contributed by atoms with Crippen molar-refractivity contribution >= 4 is 69.3 Å². The summed E-state index contributed by atoms with van der Waals surface area (Å²) in [6, 6.07) is 110. The van der Waals surface area contributed by atoms with Gasteiger partial charge in [-0.25, -0.2) is 0 Å². The van der Waals surface area contributed by atoms with Crippen LogP contribution in [0.25, 0.3) is 22.3 Å². The third-order valence-electron chi connectivity index (χ3n) is 37.5. The maximum atomic E-state index is 2.56. The highest BCUT2D eigenvalue weighted by atomic mass is 14.7. The van der Waals surface area contributed by atoms with E-state index in [1.807, 2.05) is 0 Å². The molecule has 12 fully saturated rings. The summed E-state index contributed by atoms with van der Waals surface area (Å²) in [4.78, 5) is 0. The first-order valence-corrected chi connectivity index (χ1v) is 53.7. The molecule has 0 radical (unpaired) electrons. The van der Waals surface area contributed by atoms with Crippen LogP contribution in [0.1, 0.15) is 275 Å². The molecule has 0 aromatic heterocycles. The molecule has 704 valence electrons. The second-order valence-electron chi connectivity index (χ2n) is 49.3. The van der Waals surface area contributed by atoms with Gasteiger partial charge in [-0.3, -0.25) is 0 Å². The van der Waals surface area contributed by atoms with Crippen molar-refractivity contribution in [2.24, 2.45) is 35.5 Å². The highest BCUT2D eigenvalue weighted by Gasteiger charge is 2.62. The first kappa shape index (κ1) is 94.5. The molecule has 6 atom stereocenters. The molecule has 12 aliphatic carbocycles. The third-order valence-corrected chi connectivity index (χ3v) is 37.5. The Morgan fingerprint density at radius 2 is 0.360 bits per heavy atom. The highest BCUT2D eigenvalue weighted by molar-refractivity contribution is 6.98. The fourth-order valence-electron chi connectivity index (χ4n) is 33.8. The summed E-state index contributed by atoms with van der Waals surface area (Å²) in [5.41, 5.74) is 56.4. The van der Waals surface area contributed by atoms with Crippen LogP contribution in [-0.2, 0) is 37.9 Å². The van der Waals surface area contributed by atoms with Crippen LogP contribution in [0, 0.1) is 160 Å². The Balaban J connectivity index is 0.000000125. The minimum absolute atomic E-state index is 0.178. The smallest absolute Gasteiger partial charge is 0.0686 e. The molecule has 6 unspecified atom stereocenters. The topological polar surface area (TPSA) is 0 Å². The predicted molar refractivity (Wildman–Crippen MR) is 600 cm³/mol. The van der Waals surface area contributed by atoms with Crippen LogP contribution >= 0.6 is 0 Å². The monoisotopic (exact) mass is 1820 g/mol. The molecule has 12 saturated carbocycles. The van der Waals surface area contributed by atoms with E-state index in [1.54, 1.807) is 33.4 Å². The molecular weight excluding hydrogens is 1670 g/mol. The molecule has 14 aromatic rings. The quantitative estimate of drug-likeness (QED) is 0.0797. The first-order valence-electron chi connectivity index (χ1n) is 53.7. The SMILES string of the molecule is Cc1cc(C)c(B(c2ccc(C34CC5CC(C3)CC(c3ccc(-c6ccc(C(C)(C)C)cc6)cc3)(C5)C4)cc2)c2c(C)cc(C)cc2C)c(C)c1.Cc1cc(C)c(B(c2ccc(C34CC5CC(C3)CC(c3ccc(-c6ccccc6)cc3)(C5)C4)cc2)c2c(C)cc(C)cc2C)c(C)c1.Cc1cc(C)c(B(c2ccc(C34CC5CC(CC(c6ccccc6)(C5)C3)C4)cc2)c2c(C)cc(C)cc2C)c(C)c1. The molecule has 0 aliphatic heterocycles. The zero-order valence-corrected chi connectivity index (χ0v) is 88.0. The van der Waals surface area contributed by atoms with Crippen molar-refractivity contribution in [3.8, 4) is 22.3 Å². The van der Waals surface area contributed by atoms with Gasteiger partial charge in [-0.05, 0) is 375 Å². The van der Waals surface area contributed by atoms with Gasteiger partial charge in [-0.1, -0.05) is 449 Å². The Morgan fingerprint density at radius 1 is 0.194 bits per heavy atom. The van der Waals surface area contributed by atoms with Gasteiger partial charge in [0.1, 0.15) is 0 Å². The Hall–Kier alpha value is -10.7. The summed E-state index contributed by atoms with van der Waals surface area (Å²) in [5, 5.41) is 0. The second-order valence-corrected chi connectivity index (χ2v) is 49.3. The van der Waals surface area contributed by atoms with Gasteiger partial charge in [0.15, 0.2) is 0 Å². The molecule has 12 aliphatic rings. The van der Waals surface area contributed by atoms with Gasteiger partial charge in [0.05, 0.1) is 0 Å². The highest BCUT2D eigenvalue weighted by Crippen LogP contribution is 2.69.